The van der Waals surface area contributed by atoms with E-state index in [2.05, 4.69) is 20.8 Å². The number of hydrogen-bond donors (Lipinski definition) is 0. The van der Waals surface area contributed by atoms with Crippen molar-refractivity contribution in [2.45, 2.75) is 26.2 Å². The number of halogens is 1. The summed E-state index contributed by atoms with van der Waals surface area (Å²) in [4.78, 5) is 23.2. The van der Waals surface area contributed by atoms with Gasteiger partial charge < -0.3 is 9.47 Å². The standard InChI is InChI=1S/C19H19ClO4/c1-19(2,3)14-7-5-13(6-8-14)18(22)24-17-15(20)9-12(11-21)10-16(17)23-4/h5-11H,1-4H3. The average Bonchev–Trinajstić information content (AvgIpc) is 2.55. The predicted octanol–water partition coefficient (Wildman–Crippen LogP) is 4.68. The Hall–Kier alpha value is -2.33. The number of rotatable bonds is 4. The molecule has 0 saturated carbocycles. The zero-order valence-corrected chi connectivity index (χ0v) is 14.8. The summed E-state index contributed by atoms with van der Waals surface area (Å²) in [6.45, 7) is 6.29. The van der Waals surface area contributed by atoms with E-state index in [0.717, 1.165) is 5.56 Å². The van der Waals surface area contributed by atoms with Gasteiger partial charge in [0.2, 0.25) is 0 Å². The summed E-state index contributed by atoms with van der Waals surface area (Å²) < 4.78 is 10.5. The number of esters is 1. The lowest BCUT2D eigenvalue weighted by molar-refractivity contribution is 0.0729. The van der Waals surface area contributed by atoms with Crippen molar-refractivity contribution >= 4 is 23.9 Å². The number of carbonyl (C=O) groups excluding carboxylic acids is 2. The summed E-state index contributed by atoms with van der Waals surface area (Å²) in [5, 5.41) is 0.135. The molecule has 0 spiro atoms. The molecule has 0 radical (unpaired) electrons. The summed E-state index contributed by atoms with van der Waals surface area (Å²) in [5.41, 5.74) is 1.86. The molecule has 24 heavy (non-hydrogen) atoms. The fourth-order valence-corrected chi connectivity index (χ4v) is 2.42. The van der Waals surface area contributed by atoms with E-state index in [1.165, 1.54) is 19.2 Å². The van der Waals surface area contributed by atoms with Crippen molar-refractivity contribution in [3.63, 3.8) is 0 Å². The highest BCUT2D eigenvalue weighted by Gasteiger charge is 2.18. The van der Waals surface area contributed by atoms with E-state index in [0.29, 0.717) is 17.4 Å². The minimum Gasteiger partial charge on any atom is -0.493 e. The summed E-state index contributed by atoms with van der Waals surface area (Å²) in [6, 6.07) is 10.1. The third kappa shape index (κ3) is 3.95. The summed E-state index contributed by atoms with van der Waals surface area (Å²) >= 11 is 6.09. The van der Waals surface area contributed by atoms with Crippen LogP contribution in [0.2, 0.25) is 5.02 Å². The second-order valence-electron chi connectivity index (χ2n) is 6.37. The molecule has 2 rings (SSSR count). The van der Waals surface area contributed by atoms with Gasteiger partial charge in [-0.15, -0.1) is 0 Å². The van der Waals surface area contributed by atoms with Crippen molar-refractivity contribution in [3.8, 4) is 11.5 Å². The second-order valence-corrected chi connectivity index (χ2v) is 6.78. The molecule has 0 aromatic heterocycles. The van der Waals surface area contributed by atoms with Gasteiger partial charge in [0, 0.05) is 5.56 Å². The molecule has 0 unspecified atom stereocenters. The average molecular weight is 347 g/mol. The lowest BCUT2D eigenvalue weighted by Crippen LogP contribution is -2.13. The molecule has 0 saturated heterocycles. The quantitative estimate of drug-likeness (QED) is 0.458. The minimum absolute atomic E-state index is 0.000373. The Balaban J connectivity index is 2.28. The third-order valence-electron chi connectivity index (χ3n) is 3.57. The first-order valence-corrected chi connectivity index (χ1v) is 7.79. The molecule has 2 aromatic carbocycles. The number of methoxy groups -OCH3 is 1. The smallest absolute Gasteiger partial charge is 0.343 e. The van der Waals surface area contributed by atoms with E-state index >= 15 is 0 Å². The molecule has 0 aliphatic carbocycles. The highest BCUT2D eigenvalue weighted by molar-refractivity contribution is 6.32. The molecule has 0 N–H and O–H groups in total. The monoisotopic (exact) mass is 346 g/mol. The van der Waals surface area contributed by atoms with Crippen LogP contribution in [0.15, 0.2) is 36.4 Å². The Labute approximate surface area is 146 Å². The molecular formula is C19H19ClO4. The maximum Gasteiger partial charge on any atom is 0.343 e. The van der Waals surface area contributed by atoms with Gasteiger partial charge in [-0.25, -0.2) is 4.79 Å². The summed E-state index contributed by atoms with van der Waals surface area (Å²) in [5.74, 6) is -0.228. The Bertz CT molecular complexity index is 758. The van der Waals surface area contributed by atoms with Crippen LogP contribution in [0.4, 0.5) is 0 Å². The van der Waals surface area contributed by atoms with Gasteiger partial charge in [0.1, 0.15) is 6.29 Å². The Morgan fingerprint density at radius 3 is 2.25 bits per heavy atom. The molecule has 126 valence electrons. The SMILES string of the molecule is COc1cc(C=O)cc(Cl)c1OC(=O)c1ccc(C(C)(C)C)cc1. The van der Waals surface area contributed by atoms with Crippen LogP contribution >= 0.6 is 11.6 Å². The van der Waals surface area contributed by atoms with Crippen LogP contribution in [0.3, 0.4) is 0 Å². The molecule has 0 heterocycles. The summed E-state index contributed by atoms with van der Waals surface area (Å²) in [7, 11) is 1.41. The maximum absolute atomic E-state index is 12.3. The third-order valence-corrected chi connectivity index (χ3v) is 3.85. The number of ether oxygens (including phenoxy) is 2. The first-order valence-electron chi connectivity index (χ1n) is 7.41. The van der Waals surface area contributed by atoms with Gasteiger partial charge in [-0.05, 0) is 35.2 Å². The fraction of sp³-hybridized carbons (Fsp3) is 0.263. The van der Waals surface area contributed by atoms with Crippen molar-refractivity contribution in [2.75, 3.05) is 7.11 Å². The molecule has 2 aromatic rings. The van der Waals surface area contributed by atoms with Crippen LogP contribution in [-0.4, -0.2) is 19.4 Å². The van der Waals surface area contributed by atoms with E-state index in [4.69, 9.17) is 21.1 Å². The highest BCUT2D eigenvalue weighted by atomic mass is 35.5. The lowest BCUT2D eigenvalue weighted by Gasteiger charge is -2.19. The number of aldehydes is 1. The van der Waals surface area contributed by atoms with Gasteiger partial charge >= 0.3 is 5.97 Å². The molecular weight excluding hydrogens is 328 g/mol. The predicted molar refractivity (Wildman–Crippen MR) is 93.5 cm³/mol. The van der Waals surface area contributed by atoms with Gasteiger partial charge in [-0.2, -0.15) is 0 Å². The fourth-order valence-electron chi connectivity index (χ4n) is 2.16. The Kier molecular flexibility index (Phi) is 5.30. The maximum atomic E-state index is 12.3. The van der Waals surface area contributed by atoms with Crippen LogP contribution in [0.5, 0.6) is 11.5 Å². The van der Waals surface area contributed by atoms with Gasteiger partial charge in [0.05, 0.1) is 17.7 Å². The van der Waals surface area contributed by atoms with Crippen molar-refractivity contribution < 1.29 is 19.1 Å². The van der Waals surface area contributed by atoms with Crippen LogP contribution in [0.25, 0.3) is 0 Å². The van der Waals surface area contributed by atoms with E-state index in [-0.39, 0.29) is 21.9 Å². The zero-order chi connectivity index (χ0) is 17.9. The molecule has 0 amide bonds. The highest BCUT2D eigenvalue weighted by Crippen LogP contribution is 2.36. The van der Waals surface area contributed by atoms with E-state index in [9.17, 15) is 9.59 Å². The van der Waals surface area contributed by atoms with Gasteiger partial charge in [-0.1, -0.05) is 44.5 Å². The molecule has 0 fully saturated rings. The summed E-state index contributed by atoms with van der Waals surface area (Å²) in [6.07, 6.45) is 0.644. The Morgan fingerprint density at radius 1 is 1.12 bits per heavy atom. The molecule has 5 heteroatoms. The van der Waals surface area contributed by atoms with Gasteiger partial charge in [0.15, 0.2) is 11.5 Å². The lowest BCUT2D eigenvalue weighted by atomic mass is 9.87. The number of hydrogen-bond acceptors (Lipinski definition) is 4. The normalized spacial score (nSPS) is 11.0. The van der Waals surface area contributed by atoms with Crippen LogP contribution in [0.1, 0.15) is 47.1 Å². The van der Waals surface area contributed by atoms with Crippen molar-refractivity contribution in [2.24, 2.45) is 0 Å². The second kappa shape index (κ2) is 7.05. The van der Waals surface area contributed by atoms with Crippen molar-refractivity contribution in [1.82, 2.24) is 0 Å². The van der Waals surface area contributed by atoms with Crippen molar-refractivity contribution in [3.05, 3.63) is 58.1 Å². The first-order chi connectivity index (χ1) is 11.3. The van der Waals surface area contributed by atoms with Crippen LogP contribution in [-0.2, 0) is 5.41 Å². The number of carbonyl (C=O) groups is 2. The molecule has 4 nitrogen and oxygen atoms in total. The van der Waals surface area contributed by atoms with E-state index in [1.54, 1.807) is 12.1 Å². The van der Waals surface area contributed by atoms with E-state index < -0.39 is 5.97 Å². The minimum atomic E-state index is -0.547. The van der Waals surface area contributed by atoms with Gasteiger partial charge in [0.25, 0.3) is 0 Å². The van der Waals surface area contributed by atoms with Crippen LogP contribution in [0, 0.1) is 0 Å². The largest absolute Gasteiger partial charge is 0.493 e. The van der Waals surface area contributed by atoms with Crippen LogP contribution < -0.4 is 9.47 Å². The van der Waals surface area contributed by atoms with Crippen molar-refractivity contribution in [1.29, 1.82) is 0 Å². The van der Waals surface area contributed by atoms with Gasteiger partial charge in [-0.3, -0.25) is 4.79 Å². The molecule has 0 atom stereocenters. The number of benzene rings is 2. The first kappa shape index (κ1) is 18.0. The topological polar surface area (TPSA) is 52.6 Å². The molecule has 0 aliphatic heterocycles. The zero-order valence-electron chi connectivity index (χ0n) is 14.1. The molecule has 0 aliphatic rings. The van der Waals surface area contributed by atoms with E-state index in [1.807, 2.05) is 12.1 Å². The Morgan fingerprint density at radius 2 is 1.75 bits per heavy atom. The molecule has 0 bridgehead atoms.